The molecule has 1 heterocycles. The molecule has 1 aromatic heterocycles. The van der Waals surface area contributed by atoms with E-state index in [0.29, 0.717) is 21.6 Å². The van der Waals surface area contributed by atoms with Gasteiger partial charge in [-0.15, -0.1) is 0 Å². The van der Waals surface area contributed by atoms with E-state index < -0.39 is 11.6 Å². The molecule has 0 aliphatic carbocycles. The molecular formula is C13H10BrClF2N2O. The second-order valence-electron chi connectivity index (χ2n) is 4.04. The second kappa shape index (κ2) is 6.56. The lowest BCUT2D eigenvalue weighted by Crippen LogP contribution is -2.05. The Morgan fingerprint density at radius 2 is 2.05 bits per heavy atom. The first-order chi connectivity index (χ1) is 9.51. The standard InChI is InChI=1S/C13H10BrClF2N2O/c1-20-6-10-12(14)13(15)19-11(18-10)4-7-2-3-8(16)5-9(7)17/h2-3,5H,4,6H2,1H3. The minimum atomic E-state index is -0.638. The third-order valence-electron chi connectivity index (χ3n) is 2.57. The Balaban J connectivity index is 2.33. The van der Waals surface area contributed by atoms with Crippen LogP contribution in [0.25, 0.3) is 0 Å². The van der Waals surface area contributed by atoms with Gasteiger partial charge >= 0.3 is 0 Å². The van der Waals surface area contributed by atoms with E-state index in [1.807, 2.05) is 0 Å². The summed E-state index contributed by atoms with van der Waals surface area (Å²) in [6.07, 6.45) is 0.121. The molecule has 0 bridgehead atoms. The summed E-state index contributed by atoms with van der Waals surface area (Å²) in [6.45, 7) is 0.252. The molecule has 0 unspecified atom stereocenters. The molecule has 0 fully saturated rings. The fourth-order valence-electron chi connectivity index (χ4n) is 1.66. The number of rotatable bonds is 4. The minimum absolute atomic E-state index is 0.121. The van der Waals surface area contributed by atoms with Crippen molar-refractivity contribution in [2.24, 2.45) is 0 Å². The first kappa shape index (κ1) is 15.3. The summed E-state index contributed by atoms with van der Waals surface area (Å²) in [7, 11) is 1.53. The van der Waals surface area contributed by atoms with Gasteiger partial charge in [-0.3, -0.25) is 0 Å². The predicted molar refractivity (Wildman–Crippen MR) is 74.6 cm³/mol. The molecule has 2 rings (SSSR count). The van der Waals surface area contributed by atoms with Crippen LogP contribution < -0.4 is 0 Å². The first-order valence-electron chi connectivity index (χ1n) is 5.65. The van der Waals surface area contributed by atoms with Gasteiger partial charge in [0.1, 0.15) is 22.6 Å². The van der Waals surface area contributed by atoms with Crippen molar-refractivity contribution in [1.82, 2.24) is 9.97 Å². The van der Waals surface area contributed by atoms with Gasteiger partial charge in [-0.05, 0) is 27.6 Å². The van der Waals surface area contributed by atoms with Crippen molar-refractivity contribution in [3.8, 4) is 0 Å². The summed E-state index contributed by atoms with van der Waals surface area (Å²) in [5.74, 6) is -0.919. The van der Waals surface area contributed by atoms with Crippen molar-refractivity contribution in [3.05, 3.63) is 56.5 Å². The van der Waals surface area contributed by atoms with Gasteiger partial charge in [0.25, 0.3) is 0 Å². The largest absolute Gasteiger partial charge is 0.378 e. The van der Waals surface area contributed by atoms with Crippen LogP contribution in [0.1, 0.15) is 17.1 Å². The van der Waals surface area contributed by atoms with Gasteiger partial charge < -0.3 is 4.74 Å². The molecule has 2 aromatic rings. The number of hydrogen-bond acceptors (Lipinski definition) is 3. The lowest BCUT2D eigenvalue weighted by molar-refractivity contribution is 0.180. The van der Waals surface area contributed by atoms with Gasteiger partial charge in [-0.2, -0.15) is 0 Å². The molecule has 0 aliphatic heterocycles. The molecule has 0 N–H and O–H groups in total. The number of ether oxygens (including phenoxy) is 1. The summed E-state index contributed by atoms with van der Waals surface area (Å²) in [5.41, 5.74) is 0.873. The average molecular weight is 364 g/mol. The number of methoxy groups -OCH3 is 1. The number of hydrogen-bond donors (Lipinski definition) is 0. The van der Waals surface area contributed by atoms with Gasteiger partial charge in [-0.1, -0.05) is 17.7 Å². The third-order valence-corrected chi connectivity index (χ3v) is 3.91. The number of aromatic nitrogens is 2. The quantitative estimate of drug-likeness (QED) is 0.773. The van der Waals surface area contributed by atoms with Gasteiger partial charge in [0.2, 0.25) is 0 Å². The van der Waals surface area contributed by atoms with Crippen LogP contribution >= 0.6 is 27.5 Å². The molecule has 3 nitrogen and oxygen atoms in total. The van der Waals surface area contributed by atoms with Crippen molar-refractivity contribution in [2.45, 2.75) is 13.0 Å². The maximum atomic E-state index is 13.6. The Labute approximate surface area is 128 Å². The van der Waals surface area contributed by atoms with E-state index in [0.717, 1.165) is 6.07 Å². The fraction of sp³-hybridized carbons (Fsp3) is 0.231. The van der Waals surface area contributed by atoms with Crippen LogP contribution in [0.2, 0.25) is 5.15 Å². The lowest BCUT2D eigenvalue weighted by atomic mass is 10.1. The van der Waals surface area contributed by atoms with Crippen LogP contribution in [0.4, 0.5) is 8.78 Å². The van der Waals surface area contributed by atoms with Gasteiger partial charge in [0.15, 0.2) is 0 Å². The van der Waals surface area contributed by atoms with Gasteiger partial charge in [-0.25, -0.2) is 18.7 Å². The monoisotopic (exact) mass is 362 g/mol. The van der Waals surface area contributed by atoms with Crippen molar-refractivity contribution < 1.29 is 13.5 Å². The van der Waals surface area contributed by atoms with Crippen LogP contribution in [0.15, 0.2) is 22.7 Å². The summed E-state index contributed by atoms with van der Waals surface area (Å²) in [6, 6.07) is 3.38. The Bertz CT molecular complexity index is 640. The van der Waals surface area contributed by atoms with E-state index in [4.69, 9.17) is 16.3 Å². The highest BCUT2D eigenvalue weighted by Gasteiger charge is 2.13. The zero-order chi connectivity index (χ0) is 14.7. The van der Waals surface area contributed by atoms with Crippen LogP contribution in [-0.2, 0) is 17.8 Å². The minimum Gasteiger partial charge on any atom is -0.378 e. The van der Waals surface area contributed by atoms with Crippen LogP contribution in [-0.4, -0.2) is 17.1 Å². The highest BCUT2D eigenvalue weighted by atomic mass is 79.9. The van der Waals surface area contributed by atoms with Crippen molar-refractivity contribution in [2.75, 3.05) is 7.11 Å². The summed E-state index contributed by atoms with van der Waals surface area (Å²) in [5, 5.41) is 0.226. The number of nitrogens with zero attached hydrogens (tertiary/aromatic N) is 2. The topological polar surface area (TPSA) is 35.0 Å². The molecule has 0 spiro atoms. The highest BCUT2D eigenvalue weighted by molar-refractivity contribution is 9.10. The van der Waals surface area contributed by atoms with Crippen LogP contribution in [0, 0.1) is 11.6 Å². The molecule has 0 saturated heterocycles. The van der Waals surface area contributed by atoms with E-state index in [1.54, 1.807) is 0 Å². The Hall–Kier alpha value is -1.11. The average Bonchev–Trinajstić information content (AvgIpc) is 2.39. The molecule has 0 aliphatic rings. The first-order valence-corrected chi connectivity index (χ1v) is 6.82. The van der Waals surface area contributed by atoms with Crippen molar-refractivity contribution in [1.29, 1.82) is 0 Å². The molecule has 20 heavy (non-hydrogen) atoms. The normalized spacial score (nSPS) is 10.8. The molecule has 106 valence electrons. The Kier molecular flexibility index (Phi) is 5.01. The molecular weight excluding hydrogens is 354 g/mol. The van der Waals surface area contributed by atoms with E-state index in [2.05, 4.69) is 25.9 Å². The number of halogens is 4. The molecule has 0 radical (unpaired) electrons. The third kappa shape index (κ3) is 3.50. The lowest BCUT2D eigenvalue weighted by Gasteiger charge is -2.08. The predicted octanol–water partition coefficient (Wildman–Crippen LogP) is 3.91. The maximum Gasteiger partial charge on any atom is 0.147 e. The van der Waals surface area contributed by atoms with Crippen LogP contribution in [0.5, 0.6) is 0 Å². The molecule has 0 amide bonds. The van der Waals surface area contributed by atoms with E-state index in [9.17, 15) is 8.78 Å². The molecule has 7 heteroatoms. The smallest absolute Gasteiger partial charge is 0.147 e. The van der Waals surface area contributed by atoms with E-state index in [1.165, 1.54) is 19.2 Å². The zero-order valence-electron chi connectivity index (χ0n) is 10.5. The highest BCUT2D eigenvalue weighted by Crippen LogP contribution is 2.25. The molecule has 0 atom stereocenters. The van der Waals surface area contributed by atoms with Gasteiger partial charge in [0, 0.05) is 19.6 Å². The van der Waals surface area contributed by atoms with Gasteiger partial charge in [0.05, 0.1) is 16.8 Å². The molecule has 1 aromatic carbocycles. The summed E-state index contributed by atoms with van der Waals surface area (Å²) in [4.78, 5) is 8.32. The van der Waals surface area contributed by atoms with E-state index >= 15 is 0 Å². The molecule has 0 saturated carbocycles. The number of benzene rings is 1. The SMILES string of the molecule is COCc1nc(Cc2ccc(F)cc2F)nc(Cl)c1Br. The summed E-state index contributed by atoms with van der Waals surface area (Å²) < 4.78 is 32.0. The summed E-state index contributed by atoms with van der Waals surface area (Å²) >= 11 is 9.24. The Morgan fingerprint density at radius 1 is 1.30 bits per heavy atom. The van der Waals surface area contributed by atoms with Crippen molar-refractivity contribution >= 4 is 27.5 Å². The Morgan fingerprint density at radius 3 is 2.70 bits per heavy atom. The van der Waals surface area contributed by atoms with Crippen LogP contribution in [0.3, 0.4) is 0 Å². The zero-order valence-corrected chi connectivity index (χ0v) is 12.8. The fourth-order valence-corrected chi connectivity index (χ4v) is 2.16. The second-order valence-corrected chi connectivity index (χ2v) is 5.19. The van der Waals surface area contributed by atoms with E-state index in [-0.39, 0.29) is 18.2 Å². The van der Waals surface area contributed by atoms with Crippen molar-refractivity contribution in [3.63, 3.8) is 0 Å². The maximum absolute atomic E-state index is 13.6.